The number of fused-ring (bicyclic) bond motifs is 2. The van der Waals surface area contributed by atoms with Gasteiger partial charge in [0.05, 0.1) is 18.3 Å². The molecule has 6 heteroatoms. The Balaban J connectivity index is 1.58. The standard InChI is InChI=1S/C21H15ClN2O2S/c1-26-15-9-10-17-18(11-15)27-20(19(17)22)21(25)24-23-12-14-7-4-6-13-5-2-3-8-16(13)14/h2-12H,1H3,(H,24,25). The predicted octanol–water partition coefficient (Wildman–Crippen LogP) is 5.48. The number of carbonyl (C=O) groups excluding carboxylic acids is 1. The van der Waals surface area contributed by atoms with Gasteiger partial charge in [0.25, 0.3) is 5.91 Å². The number of amides is 1. The summed E-state index contributed by atoms with van der Waals surface area (Å²) in [6.45, 7) is 0. The third kappa shape index (κ3) is 3.39. The first kappa shape index (κ1) is 17.5. The van der Waals surface area contributed by atoms with Crippen LogP contribution in [-0.2, 0) is 0 Å². The van der Waals surface area contributed by atoms with Crippen LogP contribution in [0, 0.1) is 0 Å². The number of hydrazone groups is 1. The van der Waals surface area contributed by atoms with Crippen molar-refractivity contribution in [3.8, 4) is 5.75 Å². The van der Waals surface area contributed by atoms with Gasteiger partial charge in [0.1, 0.15) is 10.6 Å². The highest BCUT2D eigenvalue weighted by Crippen LogP contribution is 2.37. The van der Waals surface area contributed by atoms with Gasteiger partial charge in [-0.15, -0.1) is 11.3 Å². The van der Waals surface area contributed by atoms with E-state index in [1.54, 1.807) is 13.3 Å². The Kier molecular flexibility index (Phi) is 4.79. The second-order valence-corrected chi connectivity index (χ2v) is 7.30. The molecule has 1 aromatic heterocycles. The quantitative estimate of drug-likeness (QED) is 0.368. The van der Waals surface area contributed by atoms with Crippen LogP contribution in [0.4, 0.5) is 0 Å². The van der Waals surface area contributed by atoms with Crippen LogP contribution < -0.4 is 10.2 Å². The van der Waals surface area contributed by atoms with Gasteiger partial charge in [-0.1, -0.05) is 54.1 Å². The second kappa shape index (κ2) is 7.39. The molecular formula is C21H15ClN2O2S. The van der Waals surface area contributed by atoms with Gasteiger partial charge in [0, 0.05) is 15.6 Å². The first-order valence-electron chi connectivity index (χ1n) is 8.24. The molecule has 0 aliphatic rings. The zero-order chi connectivity index (χ0) is 18.8. The normalized spacial score (nSPS) is 11.3. The first-order valence-corrected chi connectivity index (χ1v) is 9.44. The van der Waals surface area contributed by atoms with Gasteiger partial charge < -0.3 is 4.74 Å². The van der Waals surface area contributed by atoms with Crippen LogP contribution >= 0.6 is 22.9 Å². The largest absolute Gasteiger partial charge is 0.497 e. The zero-order valence-electron chi connectivity index (χ0n) is 14.4. The summed E-state index contributed by atoms with van der Waals surface area (Å²) in [5.74, 6) is 0.387. The molecule has 0 fully saturated rings. The SMILES string of the molecule is COc1ccc2c(Cl)c(C(=O)NN=Cc3cccc4ccccc34)sc2c1. The average Bonchev–Trinajstić information content (AvgIpc) is 3.04. The van der Waals surface area contributed by atoms with Crippen molar-refractivity contribution in [3.05, 3.63) is 76.1 Å². The number of nitrogens with zero attached hydrogens (tertiary/aromatic N) is 1. The maximum Gasteiger partial charge on any atom is 0.283 e. The van der Waals surface area contributed by atoms with Crippen LogP contribution in [0.2, 0.25) is 5.02 Å². The van der Waals surface area contributed by atoms with Crippen LogP contribution in [0.1, 0.15) is 15.2 Å². The number of benzene rings is 3. The molecule has 3 aromatic carbocycles. The van der Waals surface area contributed by atoms with Crippen molar-refractivity contribution in [2.45, 2.75) is 0 Å². The van der Waals surface area contributed by atoms with Crippen LogP contribution in [0.5, 0.6) is 5.75 Å². The molecule has 4 rings (SSSR count). The van der Waals surface area contributed by atoms with E-state index >= 15 is 0 Å². The molecule has 0 unspecified atom stereocenters. The number of hydrogen-bond acceptors (Lipinski definition) is 4. The molecule has 1 amide bonds. The number of carbonyl (C=O) groups is 1. The lowest BCUT2D eigenvalue weighted by molar-refractivity contribution is 0.0959. The van der Waals surface area contributed by atoms with Crippen LogP contribution in [0.25, 0.3) is 20.9 Å². The predicted molar refractivity (Wildman–Crippen MR) is 112 cm³/mol. The number of hydrogen-bond donors (Lipinski definition) is 1. The summed E-state index contributed by atoms with van der Waals surface area (Å²) >= 11 is 7.69. The minimum absolute atomic E-state index is 0.336. The summed E-state index contributed by atoms with van der Waals surface area (Å²) in [5, 5.41) is 7.56. The topological polar surface area (TPSA) is 50.7 Å². The van der Waals surface area contributed by atoms with Gasteiger partial charge in [-0.05, 0) is 29.0 Å². The van der Waals surface area contributed by atoms with E-state index in [0.717, 1.165) is 32.2 Å². The number of nitrogens with one attached hydrogen (secondary N) is 1. The molecule has 0 aliphatic heterocycles. The smallest absolute Gasteiger partial charge is 0.283 e. The van der Waals surface area contributed by atoms with Gasteiger partial charge in [0.2, 0.25) is 0 Å². The summed E-state index contributed by atoms with van der Waals surface area (Å²) in [6, 6.07) is 19.5. The lowest BCUT2D eigenvalue weighted by Crippen LogP contribution is -2.16. The zero-order valence-corrected chi connectivity index (χ0v) is 16.0. The molecule has 0 radical (unpaired) electrons. The van der Waals surface area contributed by atoms with Crippen LogP contribution in [0.3, 0.4) is 0 Å². The lowest BCUT2D eigenvalue weighted by atomic mass is 10.1. The summed E-state index contributed by atoms with van der Waals surface area (Å²) in [6.07, 6.45) is 1.64. The van der Waals surface area contributed by atoms with Gasteiger partial charge in [0.15, 0.2) is 0 Å². The summed E-state index contributed by atoms with van der Waals surface area (Å²) in [7, 11) is 1.60. The van der Waals surface area contributed by atoms with E-state index in [2.05, 4.69) is 10.5 Å². The van der Waals surface area contributed by atoms with Gasteiger partial charge in [-0.25, -0.2) is 5.43 Å². The van der Waals surface area contributed by atoms with E-state index in [-0.39, 0.29) is 5.91 Å². The highest BCUT2D eigenvalue weighted by Gasteiger charge is 2.17. The van der Waals surface area contributed by atoms with E-state index in [4.69, 9.17) is 16.3 Å². The molecule has 134 valence electrons. The number of rotatable bonds is 4. The number of halogens is 1. The van der Waals surface area contributed by atoms with Crippen LogP contribution in [0.15, 0.2) is 65.8 Å². The van der Waals surface area contributed by atoms with Crippen molar-refractivity contribution in [2.24, 2.45) is 5.10 Å². The lowest BCUT2D eigenvalue weighted by Gasteiger charge is -2.01. The van der Waals surface area contributed by atoms with E-state index in [1.165, 1.54) is 11.3 Å². The molecule has 0 spiro atoms. The Morgan fingerprint density at radius 1 is 1.11 bits per heavy atom. The summed E-state index contributed by atoms with van der Waals surface area (Å²) < 4.78 is 6.11. The average molecular weight is 395 g/mol. The maximum absolute atomic E-state index is 12.5. The van der Waals surface area contributed by atoms with Crippen molar-refractivity contribution in [2.75, 3.05) is 7.11 Å². The Hall–Kier alpha value is -2.89. The van der Waals surface area contributed by atoms with Gasteiger partial charge in [-0.3, -0.25) is 4.79 Å². The molecule has 0 saturated carbocycles. The van der Waals surface area contributed by atoms with Crippen LogP contribution in [-0.4, -0.2) is 19.2 Å². The Bertz CT molecular complexity index is 1180. The minimum atomic E-state index is -0.336. The van der Waals surface area contributed by atoms with Crippen molar-refractivity contribution < 1.29 is 9.53 Å². The maximum atomic E-state index is 12.5. The highest BCUT2D eigenvalue weighted by atomic mass is 35.5. The molecule has 4 nitrogen and oxygen atoms in total. The summed E-state index contributed by atoms with van der Waals surface area (Å²) in [4.78, 5) is 12.9. The van der Waals surface area contributed by atoms with E-state index in [9.17, 15) is 4.79 Å². The monoisotopic (exact) mass is 394 g/mol. The fourth-order valence-electron chi connectivity index (χ4n) is 2.89. The number of methoxy groups -OCH3 is 1. The molecule has 0 atom stereocenters. The van der Waals surface area contributed by atoms with Crippen molar-refractivity contribution in [3.63, 3.8) is 0 Å². The fraction of sp³-hybridized carbons (Fsp3) is 0.0476. The molecule has 1 N–H and O–H groups in total. The third-order valence-electron chi connectivity index (χ3n) is 4.24. The second-order valence-electron chi connectivity index (χ2n) is 5.87. The molecule has 1 heterocycles. The molecule has 0 saturated heterocycles. The fourth-order valence-corrected chi connectivity index (χ4v) is 4.33. The Morgan fingerprint density at radius 2 is 1.93 bits per heavy atom. The number of ether oxygens (including phenoxy) is 1. The Labute approximate surface area is 165 Å². The first-order chi connectivity index (χ1) is 13.2. The van der Waals surface area contributed by atoms with Gasteiger partial charge >= 0.3 is 0 Å². The van der Waals surface area contributed by atoms with E-state index < -0.39 is 0 Å². The van der Waals surface area contributed by atoms with Crippen molar-refractivity contribution >= 4 is 55.9 Å². The molecule has 0 aliphatic carbocycles. The number of thiophene rings is 1. The van der Waals surface area contributed by atoms with E-state index in [0.29, 0.717) is 9.90 Å². The van der Waals surface area contributed by atoms with Crippen molar-refractivity contribution in [1.82, 2.24) is 5.43 Å². The summed E-state index contributed by atoms with van der Waals surface area (Å²) in [5.41, 5.74) is 3.50. The van der Waals surface area contributed by atoms with E-state index in [1.807, 2.05) is 60.7 Å². The molecule has 4 aromatic rings. The third-order valence-corrected chi connectivity index (χ3v) is 5.89. The molecule has 0 bridgehead atoms. The molecular weight excluding hydrogens is 380 g/mol. The minimum Gasteiger partial charge on any atom is -0.497 e. The molecule has 27 heavy (non-hydrogen) atoms. The van der Waals surface area contributed by atoms with Gasteiger partial charge in [-0.2, -0.15) is 5.10 Å². The highest BCUT2D eigenvalue weighted by molar-refractivity contribution is 7.21. The Morgan fingerprint density at radius 3 is 2.78 bits per heavy atom. The van der Waals surface area contributed by atoms with Crippen molar-refractivity contribution in [1.29, 1.82) is 0 Å².